The van der Waals surface area contributed by atoms with Crippen LogP contribution >= 0.6 is 11.3 Å². The van der Waals surface area contributed by atoms with Gasteiger partial charge in [-0.1, -0.05) is 24.3 Å². The summed E-state index contributed by atoms with van der Waals surface area (Å²) in [6, 6.07) is 15.2. The highest BCUT2D eigenvalue weighted by molar-refractivity contribution is 7.09. The van der Waals surface area contributed by atoms with E-state index in [-0.39, 0.29) is 24.5 Å². The Morgan fingerprint density at radius 2 is 1.76 bits per heavy atom. The fourth-order valence-electron chi connectivity index (χ4n) is 3.99. The van der Waals surface area contributed by atoms with Crippen molar-refractivity contribution in [1.29, 1.82) is 0 Å². The maximum atomic E-state index is 13.6. The van der Waals surface area contributed by atoms with Crippen molar-refractivity contribution < 1.29 is 19.1 Å². The van der Waals surface area contributed by atoms with Crippen LogP contribution in [0.2, 0.25) is 0 Å². The van der Waals surface area contributed by atoms with E-state index in [0.717, 1.165) is 27.3 Å². The second kappa shape index (κ2) is 13.1. The van der Waals surface area contributed by atoms with E-state index in [1.165, 1.54) is 0 Å². The van der Waals surface area contributed by atoms with E-state index in [9.17, 15) is 9.59 Å². The molecule has 1 aromatic heterocycles. The molecule has 3 rings (SSSR count). The molecule has 0 saturated carbocycles. The molecule has 0 aliphatic carbocycles. The number of benzene rings is 2. The minimum Gasteiger partial charge on any atom is -0.493 e. The number of aryl methyl sites for hydroxylation is 1. The molecule has 3 aromatic rings. The number of nitrogens with zero attached hydrogens (tertiary/aromatic N) is 2. The summed E-state index contributed by atoms with van der Waals surface area (Å²) in [6.45, 7) is 8.82. The van der Waals surface area contributed by atoms with Crippen molar-refractivity contribution in [3.63, 3.8) is 0 Å². The average Bonchev–Trinajstić information content (AvgIpc) is 3.40. The number of rotatable bonds is 11. The molecule has 0 bridgehead atoms. The Bertz CT molecular complexity index is 1190. The van der Waals surface area contributed by atoms with E-state index in [2.05, 4.69) is 5.32 Å². The second-order valence-electron chi connectivity index (χ2n) is 9.23. The molecule has 0 saturated heterocycles. The lowest BCUT2D eigenvalue weighted by molar-refractivity contribution is -0.132. The van der Waals surface area contributed by atoms with Crippen LogP contribution in [0.15, 0.2) is 53.9 Å². The molecule has 2 aromatic carbocycles. The molecule has 7 nitrogen and oxygen atoms in total. The first kappa shape index (κ1) is 28.1. The van der Waals surface area contributed by atoms with Gasteiger partial charge in [-0.15, -0.1) is 11.3 Å². The van der Waals surface area contributed by atoms with Gasteiger partial charge in [-0.2, -0.15) is 0 Å². The van der Waals surface area contributed by atoms with E-state index in [0.29, 0.717) is 31.0 Å². The van der Waals surface area contributed by atoms with Gasteiger partial charge in [0.05, 0.1) is 20.8 Å². The number of ether oxygens (including phenoxy) is 2. The first-order valence-corrected chi connectivity index (χ1v) is 13.3. The van der Waals surface area contributed by atoms with Gasteiger partial charge in [0.15, 0.2) is 11.5 Å². The van der Waals surface area contributed by atoms with Crippen molar-refractivity contribution in [3.8, 4) is 11.5 Å². The number of carbonyl (C=O) groups is 2. The lowest BCUT2D eigenvalue weighted by Gasteiger charge is -2.30. The quantitative estimate of drug-likeness (QED) is 0.340. The number of hydrogen-bond donors (Lipinski definition) is 1. The molecule has 198 valence electrons. The smallest absolute Gasteiger partial charge is 0.322 e. The molecular formula is C29H37N3O4S. The predicted molar refractivity (Wildman–Crippen MR) is 150 cm³/mol. The van der Waals surface area contributed by atoms with Crippen LogP contribution in [-0.2, 0) is 17.8 Å². The summed E-state index contributed by atoms with van der Waals surface area (Å²) in [6.07, 6.45) is 0.647. The minimum atomic E-state index is -0.284. The van der Waals surface area contributed by atoms with Crippen molar-refractivity contribution in [3.05, 3.63) is 75.5 Å². The largest absolute Gasteiger partial charge is 0.493 e. The molecule has 0 unspecified atom stereocenters. The van der Waals surface area contributed by atoms with Gasteiger partial charge in [0.25, 0.3) is 0 Å². The van der Waals surface area contributed by atoms with Gasteiger partial charge in [0, 0.05) is 23.2 Å². The number of urea groups is 1. The molecular weight excluding hydrogens is 486 g/mol. The summed E-state index contributed by atoms with van der Waals surface area (Å²) in [5, 5.41) is 5.00. The van der Waals surface area contributed by atoms with Crippen LogP contribution in [0.3, 0.4) is 0 Å². The van der Waals surface area contributed by atoms with Crippen molar-refractivity contribution >= 4 is 29.0 Å². The lowest BCUT2D eigenvalue weighted by atomic mass is 10.1. The van der Waals surface area contributed by atoms with Crippen molar-refractivity contribution in [2.45, 2.75) is 46.7 Å². The maximum absolute atomic E-state index is 13.6. The number of amides is 3. The average molecular weight is 524 g/mol. The van der Waals surface area contributed by atoms with E-state index < -0.39 is 0 Å². The molecule has 0 atom stereocenters. The van der Waals surface area contributed by atoms with Crippen LogP contribution in [0.4, 0.5) is 10.5 Å². The molecule has 0 spiro atoms. The third-order valence-corrected chi connectivity index (χ3v) is 7.30. The van der Waals surface area contributed by atoms with E-state index >= 15 is 0 Å². The van der Waals surface area contributed by atoms with Gasteiger partial charge in [0.2, 0.25) is 5.91 Å². The SMILES string of the molecule is COc1ccc(CCN(Cc2cccs2)C(=O)CN(C(=O)Nc2cccc(C)c2C)C(C)C)cc1OC. The highest BCUT2D eigenvalue weighted by Gasteiger charge is 2.24. The van der Waals surface area contributed by atoms with Gasteiger partial charge in [-0.3, -0.25) is 4.79 Å². The molecule has 0 fully saturated rings. The minimum absolute atomic E-state index is 0.00826. The second-order valence-corrected chi connectivity index (χ2v) is 10.3. The van der Waals surface area contributed by atoms with Crippen LogP contribution in [-0.4, -0.2) is 55.1 Å². The standard InChI is InChI=1S/C29H37N3O4S/c1-20(2)32(29(34)30-25-11-7-9-21(3)22(25)4)19-28(33)31(18-24-10-8-16-37-24)15-14-23-12-13-26(35-5)27(17-23)36-6/h7-13,16-17,20H,14-15,18-19H2,1-6H3,(H,30,34). The van der Waals surface area contributed by atoms with E-state index in [1.54, 1.807) is 30.5 Å². The molecule has 1 heterocycles. The Labute approximate surface area is 224 Å². The zero-order valence-corrected chi connectivity index (χ0v) is 23.4. The number of thiophene rings is 1. The third kappa shape index (κ3) is 7.49. The van der Waals surface area contributed by atoms with Crippen molar-refractivity contribution in [2.24, 2.45) is 0 Å². The van der Waals surface area contributed by atoms with E-state index in [1.807, 2.05) is 86.5 Å². The topological polar surface area (TPSA) is 71.1 Å². The molecule has 8 heteroatoms. The summed E-state index contributed by atoms with van der Waals surface area (Å²) in [7, 11) is 3.22. The summed E-state index contributed by atoms with van der Waals surface area (Å²) < 4.78 is 10.8. The predicted octanol–water partition coefficient (Wildman–Crippen LogP) is 5.90. The fourth-order valence-corrected chi connectivity index (χ4v) is 4.71. The summed E-state index contributed by atoms with van der Waals surface area (Å²) in [5.74, 6) is 1.23. The Balaban J connectivity index is 1.75. The van der Waals surface area contributed by atoms with Crippen LogP contribution in [0.5, 0.6) is 11.5 Å². The van der Waals surface area contributed by atoms with Gasteiger partial charge < -0.3 is 24.6 Å². The Hall–Kier alpha value is -3.52. The van der Waals surface area contributed by atoms with Crippen LogP contribution < -0.4 is 14.8 Å². The molecule has 0 aliphatic heterocycles. The maximum Gasteiger partial charge on any atom is 0.322 e. The Morgan fingerprint density at radius 3 is 2.41 bits per heavy atom. The Morgan fingerprint density at radius 1 is 1.00 bits per heavy atom. The lowest BCUT2D eigenvalue weighted by Crippen LogP contribution is -2.47. The van der Waals surface area contributed by atoms with Gasteiger partial charge in [0.1, 0.15) is 6.54 Å². The normalized spacial score (nSPS) is 10.8. The number of methoxy groups -OCH3 is 2. The first-order valence-electron chi connectivity index (χ1n) is 12.4. The van der Waals surface area contributed by atoms with Gasteiger partial charge in [-0.25, -0.2) is 4.79 Å². The van der Waals surface area contributed by atoms with Gasteiger partial charge in [-0.05, 0) is 80.5 Å². The number of carbonyl (C=O) groups excluding carboxylic acids is 2. The van der Waals surface area contributed by atoms with Crippen molar-refractivity contribution in [2.75, 3.05) is 32.6 Å². The summed E-state index contributed by atoms with van der Waals surface area (Å²) in [5.41, 5.74) is 3.91. The number of hydrogen-bond acceptors (Lipinski definition) is 5. The Kier molecular flexibility index (Phi) is 9.97. The van der Waals surface area contributed by atoms with E-state index in [4.69, 9.17) is 9.47 Å². The fraction of sp³-hybridized carbons (Fsp3) is 0.379. The van der Waals surface area contributed by atoms with Gasteiger partial charge >= 0.3 is 6.03 Å². The molecule has 0 aliphatic rings. The van der Waals surface area contributed by atoms with Crippen LogP contribution in [0, 0.1) is 13.8 Å². The molecule has 1 N–H and O–H groups in total. The van der Waals surface area contributed by atoms with Crippen LogP contribution in [0.25, 0.3) is 0 Å². The first-order chi connectivity index (χ1) is 17.7. The molecule has 3 amide bonds. The highest BCUT2D eigenvalue weighted by Crippen LogP contribution is 2.28. The highest BCUT2D eigenvalue weighted by atomic mass is 32.1. The van der Waals surface area contributed by atoms with Crippen LogP contribution in [0.1, 0.15) is 35.4 Å². The third-order valence-electron chi connectivity index (χ3n) is 6.43. The number of nitrogens with one attached hydrogen (secondary N) is 1. The number of anilines is 1. The molecule has 0 radical (unpaired) electrons. The molecule has 37 heavy (non-hydrogen) atoms. The zero-order chi connectivity index (χ0) is 26.9. The monoisotopic (exact) mass is 523 g/mol. The summed E-state index contributed by atoms with van der Waals surface area (Å²) >= 11 is 1.61. The zero-order valence-electron chi connectivity index (χ0n) is 22.5. The summed E-state index contributed by atoms with van der Waals surface area (Å²) in [4.78, 5) is 31.3. The van der Waals surface area contributed by atoms with Crippen molar-refractivity contribution in [1.82, 2.24) is 9.80 Å².